The van der Waals surface area contributed by atoms with Crippen LogP contribution in [-0.4, -0.2) is 19.3 Å². The summed E-state index contributed by atoms with van der Waals surface area (Å²) in [7, 11) is 3.07. The Hall–Kier alpha value is -0.900. The second-order valence-electron chi connectivity index (χ2n) is 2.57. The van der Waals surface area contributed by atoms with Crippen molar-refractivity contribution in [3.05, 3.63) is 16.1 Å². The average Bonchev–Trinajstić information content (AvgIpc) is 2.15. The van der Waals surface area contributed by atoms with E-state index in [9.17, 15) is 5.11 Å². The number of hydrogen-bond donors (Lipinski definition) is 1. The molecule has 0 bridgehead atoms. The minimum Gasteiger partial charge on any atom is -0.504 e. The summed E-state index contributed by atoms with van der Waals surface area (Å²) in [5.74, 6) is 1.19. The van der Waals surface area contributed by atoms with Crippen molar-refractivity contribution < 1.29 is 14.6 Å². The Kier molecular flexibility index (Phi) is 3.03. The van der Waals surface area contributed by atoms with Crippen LogP contribution in [0.2, 0.25) is 0 Å². The molecule has 1 rings (SSSR count). The van der Waals surface area contributed by atoms with Gasteiger partial charge in [0.1, 0.15) is 5.75 Å². The Morgan fingerprint density at radius 3 is 2.23 bits per heavy atom. The van der Waals surface area contributed by atoms with Crippen LogP contribution in [0, 0.1) is 6.92 Å². The van der Waals surface area contributed by atoms with Crippen molar-refractivity contribution in [1.29, 1.82) is 0 Å². The van der Waals surface area contributed by atoms with Crippen molar-refractivity contribution in [3.8, 4) is 17.2 Å². The molecular formula is C9H11BrO3. The Balaban J connectivity index is 3.36. The van der Waals surface area contributed by atoms with Gasteiger partial charge in [-0.2, -0.15) is 0 Å². The van der Waals surface area contributed by atoms with Gasteiger partial charge in [0.2, 0.25) is 0 Å². The Morgan fingerprint density at radius 2 is 1.77 bits per heavy atom. The maximum Gasteiger partial charge on any atom is 0.164 e. The zero-order chi connectivity index (χ0) is 10.0. The van der Waals surface area contributed by atoms with E-state index in [2.05, 4.69) is 15.9 Å². The lowest BCUT2D eigenvalue weighted by atomic mass is 10.2. The first-order valence-electron chi connectivity index (χ1n) is 3.71. The third-order valence-corrected chi connectivity index (χ3v) is 2.82. The lowest BCUT2D eigenvalue weighted by Crippen LogP contribution is -1.91. The minimum absolute atomic E-state index is 0.134. The van der Waals surface area contributed by atoms with Gasteiger partial charge < -0.3 is 14.6 Å². The highest BCUT2D eigenvalue weighted by Gasteiger charge is 2.13. The van der Waals surface area contributed by atoms with E-state index in [4.69, 9.17) is 9.47 Å². The Morgan fingerprint density at radius 1 is 1.23 bits per heavy atom. The minimum atomic E-state index is 0.134. The molecule has 1 aromatic carbocycles. The van der Waals surface area contributed by atoms with Crippen LogP contribution in [0.25, 0.3) is 0 Å². The van der Waals surface area contributed by atoms with E-state index in [1.807, 2.05) is 0 Å². The van der Waals surface area contributed by atoms with Crippen molar-refractivity contribution in [2.24, 2.45) is 0 Å². The normalized spacial score (nSPS) is 9.85. The van der Waals surface area contributed by atoms with E-state index in [-0.39, 0.29) is 5.75 Å². The number of rotatable bonds is 2. The van der Waals surface area contributed by atoms with Crippen LogP contribution >= 0.6 is 15.9 Å². The van der Waals surface area contributed by atoms with E-state index in [1.54, 1.807) is 20.1 Å². The molecule has 0 aliphatic rings. The van der Waals surface area contributed by atoms with E-state index >= 15 is 0 Å². The summed E-state index contributed by atoms with van der Waals surface area (Å²) < 4.78 is 10.8. The molecular weight excluding hydrogens is 236 g/mol. The Bertz CT molecular complexity index is 295. The van der Waals surface area contributed by atoms with Crippen LogP contribution in [0.15, 0.2) is 10.5 Å². The van der Waals surface area contributed by atoms with Gasteiger partial charge in [-0.15, -0.1) is 0 Å². The third-order valence-electron chi connectivity index (χ3n) is 1.84. The first-order valence-corrected chi connectivity index (χ1v) is 4.51. The lowest BCUT2D eigenvalue weighted by Gasteiger charge is -2.11. The second kappa shape index (κ2) is 3.87. The fourth-order valence-electron chi connectivity index (χ4n) is 1.03. The predicted molar refractivity (Wildman–Crippen MR) is 53.6 cm³/mol. The average molecular weight is 247 g/mol. The van der Waals surface area contributed by atoms with Crippen LogP contribution in [-0.2, 0) is 0 Å². The highest BCUT2D eigenvalue weighted by Crippen LogP contribution is 2.40. The van der Waals surface area contributed by atoms with E-state index in [0.29, 0.717) is 17.1 Å². The zero-order valence-corrected chi connectivity index (χ0v) is 9.31. The zero-order valence-electron chi connectivity index (χ0n) is 7.72. The third kappa shape index (κ3) is 1.72. The molecule has 4 heteroatoms. The molecule has 1 aromatic rings. The number of hydrogen-bond acceptors (Lipinski definition) is 3. The van der Waals surface area contributed by atoms with Gasteiger partial charge in [0, 0.05) is 11.6 Å². The molecule has 0 aliphatic carbocycles. The van der Waals surface area contributed by atoms with Gasteiger partial charge in [-0.3, -0.25) is 0 Å². The first kappa shape index (κ1) is 10.2. The van der Waals surface area contributed by atoms with Crippen LogP contribution < -0.4 is 9.47 Å². The van der Waals surface area contributed by atoms with Gasteiger partial charge >= 0.3 is 0 Å². The summed E-state index contributed by atoms with van der Waals surface area (Å²) in [6.45, 7) is 1.78. The molecule has 0 aliphatic heterocycles. The quantitative estimate of drug-likeness (QED) is 0.872. The molecule has 0 saturated carbocycles. The van der Waals surface area contributed by atoms with Gasteiger partial charge in [-0.05, 0) is 22.9 Å². The summed E-state index contributed by atoms with van der Waals surface area (Å²) in [5, 5.41) is 9.59. The molecule has 1 N–H and O–H groups in total. The number of benzene rings is 1. The van der Waals surface area contributed by atoms with Crippen molar-refractivity contribution in [1.82, 2.24) is 0 Å². The topological polar surface area (TPSA) is 38.7 Å². The second-order valence-corrected chi connectivity index (χ2v) is 3.36. The van der Waals surface area contributed by atoms with E-state index < -0.39 is 0 Å². The summed E-state index contributed by atoms with van der Waals surface area (Å²) in [6.07, 6.45) is 0. The number of phenols is 1. The number of halogens is 1. The lowest BCUT2D eigenvalue weighted by molar-refractivity contribution is 0.361. The maximum atomic E-state index is 9.59. The van der Waals surface area contributed by atoms with Crippen molar-refractivity contribution in [2.45, 2.75) is 6.92 Å². The van der Waals surface area contributed by atoms with Crippen molar-refractivity contribution >= 4 is 15.9 Å². The van der Waals surface area contributed by atoms with Gasteiger partial charge in [0.05, 0.1) is 18.7 Å². The summed E-state index contributed by atoms with van der Waals surface area (Å²) in [5.41, 5.74) is 0.705. The molecule has 0 fully saturated rings. The van der Waals surface area contributed by atoms with Gasteiger partial charge in [-0.25, -0.2) is 0 Å². The summed E-state index contributed by atoms with van der Waals surface area (Å²) in [4.78, 5) is 0. The van der Waals surface area contributed by atoms with Crippen LogP contribution in [0.4, 0.5) is 0 Å². The standard InChI is InChI=1S/C9H11BrO3/c1-5-8(10)6(12-2)4-7(13-3)9(5)11/h4,11H,1-3H3. The molecule has 0 radical (unpaired) electrons. The largest absolute Gasteiger partial charge is 0.504 e. The smallest absolute Gasteiger partial charge is 0.164 e. The molecule has 3 nitrogen and oxygen atoms in total. The van der Waals surface area contributed by atoms with Crippen LogP contribution in [0.3, 0.4) is 0 Å². The Labute approximate surface area is 85.4 Å². The highest BCUT2D eigenvalue weighted by atomic mass is 79.9. The van der Waals surface area contributed by atoms with Crippen molar-refractivity contribution in [2.75, 3.05) is 14.2 Å². The fraction of sp³-hybridized carbons (Fsp3) is 0.333. The molecule has 0 atom stereocenters. The SMILES string of the molecule is COc1cc(OC)c(Br)c(C)c1O. The fourth-order valence-corrected chi connectivity index (χ4v) is 1.49. The number of aromatic hydroxyl groups is 1. The molecule has 0 heterocycles. The van der Waals surface area contributed by atoms with Crippen LogP contribution in [0.5, 0.6) is 17.2 Å². The predicted octanol–water partition coefficient (Wildman–Crippen LogP) is 2.48. The van der Waals surface area contributed by atoms with Gasteiger partial charge in [0.15, 0.2) is 11.5 Å². The number of ether oxygens (including phenoxy) is 2. The van der Waals surface area contributed by atoms with Gasteiger partial charge in [0.25, 0.3) is 0 Å². The molecule has 0 unspecified atom stereocenters. The molecule has 0 amide bonds. The van der Waals surface area contributed by atoms with Crippen molar-refractivity contribution in [3.63, 3.8) is 0 Å². The van der Waals surface area contributed by atoms with Gasteiger partial charge in [-0.1, -0.05) is 0 Å². The molecule has 13 heavy (non-hydrogen) atoms. The van der Waals surface area contributed by atoms with Crippen LogP contribution in [0.1, 0.15) is 5.56 Å². The molecule has 0 aromatic heterocycles. The summed E-state index contributed by atoms with van der Waals surface area (Å²) >= 11 is 3.31. The number of phenolic OH excluding ortho intramolecular Hbond substituents is 1. The molecule has 0 spiro atoms. The highest BCUT2D eigenvalue weighted by molar-refractivity contribution is 9.10. The molecule has 72 valence electrons. The summed E-state index contributed by atoms with van der Waals surface area (Å²) in [6, 6.07) is 1.63. The first-order chi connectivity index (χ1) is 6.11. The maximum absolute atomic E-state index is 9.59. The van der Waals surface area contributed by atoms with E-state index in [0.717, 1.165) is 4.47 Å². The molecule has 0 saturated heterocycles. The number of methoxy groups -OCH3 is 2. The monoisotopic (exact) mass is 246 g/mol. The van der Waals surface area contributed by atoms with E-state index in [1.165, 1.54) is 7.11 Å².